The Kier molecular flexibility index (Phi) is 5.65. The molecule has 1 fully saturated rings. The maximum atomic E-state index is 14.6. The highest BCUT2D eigenvalue weighted by Gasteiger charge is 2.24. The molecule has 4 heterocycles. The van der Waals surface area contributed by atoms with E-state index in [9.17, 15) is 9.18 Å². The van der Waals surface area contributed by atoms with Crippen molar-refractivity contribution in [1.29, 1.82) is 0 Å². The van der Waals surface area contributed by atoms with Crippen LogP contribution in [0.4, 0.5) is 10.3 Å². The minimum atomic E-state index is -0.482. The molecule has 1 N–H and O–H groups in total. The van der Waals surface area contributed by atoms with E-state index in [2.05, 4.69) is 15.3 Å². The summed E-state index contributed by atoms with van der Waals surface area (Å²) < 4.78 is 32.5. The summed E-state index contributed by atoms with van der Waals surface area (Å²) in [6.07, 6.45) is 5.83. The molecule has 0 amide bonds. The zero-order valence-corrected chi connectivity index (χ0v) is 17.9. The molecule has 2 aliphatic heterocycles. The Hall–Kier alpha value is -3.20. The van der Waals surface area contributed by atoms with Gasteiger partial charge in [-0.2, -0.15) is 0 Å². The smallest absolute Gasteiger partial charge is 0.358 e. The average Bonchev–Trinajstić information content (AvgIpc) is 3.47. The lowest BCUT2D eigenvalue weighted by molar-refractivity contribution is 0.0520. The molecule has 2 aliphatic rings. The minimum absolute atomic E-state index is 0.219. The second-order valence-electron chi connectivity index (χ2n) is 7.92. The van der Waals surface area contributed by atoms with Crippen molar-refractivity contribution in [3.63, 3.8) is 0 Å². The molecule has 0 unspecified atom stereocenters. The Labute approximate surface area is 184 Å². The number of imidazole rings is 1. The van der Waals surface area contributed by atoms with E-state index in [4.69, 9.17) is 14.2 Å². The van der Waals surface area contributed by atoms with Crippen LogP contribution in [0.1, 0.15) is 52.9 Å². The average molecular weight is 440 g/mol. The van der Waals surface area contributed by atoms with Gasteiger partial charge in [-0.15, -0.1) is 0 Å². The van der Waals surface area contributed by atoms with Crippen molar-refractivity contribution in [2.45, 2.75) is 38.6 Å². The van der Waals surface area contributed by atoms with Crippen molar-refractivity contribution in [2.75, 3.05) is 31.7 Å². The number of fused-ring (bicyclic) bond motifs is 2. The van der Waals surface area contributed by atoms with Crippen molar-refractivity contribution in [3.05, 3.63) is 52.7 Å². The van der Waals surface area contributed by atoms with Crippen molar-refractivity contribution in [1.82, 2.24) is 14.4 Å². The summed E-state index contributed by atoms with van der Waals surface area (Å²) in [5, 5.41) is 3.23. The van der Waals surface area contributed by atoms with E-state index in [1.807, 2.05) is 0 Å². The number of carbonyl (C=O) groups is 1. The predicted octanol–water partition coefficient (Wildman–Crippen LogP) is 3.49. The molecule has 8 nitrogen and oxygen atoms in total. The Morgan fingerprint density at radius 1 is 1.31 bits per heavy atom. The second-order valence-corrected chi connectivity index (χ2v) is 7.92. The summed E-state index contributed by atoms with van der Waals surface area (Å²) >= 11 is 0. The third kappa shape index (κ3) is 3.77. The summed E-state index contributed by atoms with van der Waals surface area (Å²) in [5.41, 5.74) is 3.28. The molecule has 0 bridgehead atoms. The van der Waals surface area contributed by atoms with Crippen LogP contribution in [0.2, 0.25) is 0 Å². The van der Waals surface area contributed by atoms with Gasteiger partial charge < -0.3 is 19.5 Å². The van der Waals surface area contributed by atoms with E-state index in [1.54, 1.807) is 29.8 Å². The molecule has 0 saturated carbocycles. The largest absolute Gasteiger partial charge is 0.493 e. The third-order valence-electron chi connectivity index (χ3n) is 6.03. The third-order valence-corrected chi connectivity index (χ3v) is 6.03. The molecule has 0 spiro atoms. The summed E-state index contributed by atoms with van der Waals surface area (Å²) in [5.74, 6) is 0.689. The first kappa shape index (κ1) is 20.7. The highest BCUT2D eigenvalue weighted by Crippen LogP contribution is 2.32. The number of benzene rings is 1. The van der Waals surface area contributed by atoms with Gasteiger partial charge in [0.25, 0.3) is 0 Å². The predicted molar refractivity (Wildman–Crippen MR) is 115 cm³/mol. The fourth-order valence-corrected chi connectivity index (χ4v) is 4.40. The normalized spacial score (nSPS) is 16.1. The lowest BCUT2D eigenvalue weighted by atomic mass is 9.93. The van der Waals surface area contributed by atoms with Gasteiger partial charge in [-0.1, -0.05) is 0 Å². The molecule has 0 aliphatic carbocycles. The van der Waals surface area contributed by atoms with Gasteiger partial charge in [0.2, 0.25) is 5.95 Å². The van der Waals surface area contributed by atoms with Crippen molar-refractivity contribution >= 4 is 17.6 Å². The highest BCUT2D eigenvalue weighted by atomic mass is 19.1. The van der Waals surface area contributed by atoms with Gasteiger partial charge in [0.1, 0.15) is 17.2 Å². The number of nitrogens with one attached hydrogen (secondary N) is 1. The molecule has 1 saturated heterocycles. The quantitative estimate of drug-likeness (QED) is 0.587. The molecule has 2 aromatic heterocycles. The van der Waals surface area contributed by atoms with Crippen LogP contribution in [0.25, 0.3) is 5.65 Å². The number of hydrogen-bond donors (Lipinski definition) is 1. The van der Waals surface area contributed by atoms with Crippen molar-refractivity contribution in [3.8, 4) is 5.75 Å². The van der Waals surface area contributed by atoms with Crippen LogP contribution < -0.4 is 10.1 Å². The molecule has 9 heteroatoms. The monoisotopic (exact) mass is 440 g/mol. The minimum Gasteiger partial charge on any atom is -0.493 e. The van der Waals surface area contributed by atoms with Crippen LogP contribution in [-0.4, -0.2) is 46.8 Å². The van der Waals surface area contributed by atoms with Crippen LogP contribution in [0.5, 0.6) is 5.75 Å². The number of hydrogen-bond acceptors (Lipinski definition) is 7. The number of carbonyl (C=O) groups excluding carboxylic acids is 1. The van der Waals surface area contributed by atoms with Crippen LogP contribution >= 0.6 is 0 Å². The molecule has 168 valence electrons. The second kappa shape index (κ2) is 8.74. The number of esters is 1. The van der Waals surface area contributed by atoms with E-state index in [-0.39, 0.29) is 30.6 Å². The van der Waals surface area contributed by atoms with E-state index < -0.39 is 5.97 Å². The maximum Gasteiger partial charge on any atom is 0.358 e. The lowest BCUT2D eigenvalue weighted by Gasteiger charge is -2.23. The molecule has 3 aromatic rings. The first-order valence-corrected chi connectivity index (χ1v) is 11.0. The zero-order valence-electron chi connectivity index (χ0n) is 17.9. The molecule has 0 radical (unpaired) electrons. The summed E-state index contributed by atoms with van der Waals surface area (Å²) in [6, 6.07) is 3.09. The first-order chi connectivity index (χ1) is 15.7. The maximum absolute atomic E-state index is 14.6. The van der Waals surface area contributed by atoms with Crippen molar-refractivity contribution < 1.29 is 23.4 Å². The Morgan fingerprint density at radius 3 is 2.97 bits per heavy atom. The van der Waals surface area contributed by atoms with Gasteiger partial charge in [0.15, 0.2) is 5.69 Å². The fraction of sp³-hybridized carbons (Fsp3) is 0.435. The van der Waals surface area contributed by atoms with Crippen molar-refractivity contribution in [2.24, 2.45) is 0 Å². The molecule has 32 heavy (non-hydrogen) atoms. The molecule has 5 rings (SSSR count). The SMILES string of the molecule is CCOC(=O)c1cn2c(NCc3c(F)ccc4c3CCO4)ncc(C3CCOCC3)c2n1. The van der Waals surface area contributed by atoms with Gasteiger partial charge in [0.05, 0.1) is 13.2 Å². The van der Waals surface area contributed by atoms with E-state index in [1.165, 1.54) is 6.07 Å². The number of ether oxygens (including phenoxy) is 3. The number of anilines is 1. The zero-order chi connectivity index (χ0) is 22.1. The molecular weight excluding hydrogens is 415 g/mol. The fourth-order valence-electron chi connectivity index (χ4n) is 4.40. The number of halogens is 1. The molecule has 1 aromatic carbocycles. The van der Waals surface area contributed by atoms with Crippen LogP contribution in [0, 0.1) is 5.82 Å². The molecule has 0 atom stereocenters. The van der Waals surface area contributed by atoms with Gasteiger partial charge in [-0.25, -0.2) is 19.2 Å². The Bertz CT molecular complexity index is 1160. The lowest BCUT2D eigenvalue weighted by Crippen LogP contribution is -2.16. The number of rotatable bonds is 6. The van der Waals surface area contributed by atoms with Crippen LogP contribution in [-0.2, 0) is 22.4 Å². The van der Waals surface area contributed by atoms with Gasteiger partial charge in [0, 0.05) is 55.3 Å². The van der Waals surface area contributed by atoms with E-state index in [0.29, 0.717) is 43.4 Å². The van der Waals surface area contributed by atoms with Crippen LogP contribution in [0.3, 0.4) is 0 Å². The van der Waals surface area contributed by atoms with Gasteiger partial charge >= 0.3 is 5.97 Å². The summed E-state index contributed by atoms with van der Waals surface area (Å²) in [4.78, 5) is 21.5. The Balaban J connectivity index is 1.50. The van der Waals surface area contributed by atoms with E-state index >= 15 is 0 Å². The Morgan fingerprint density at radius 2 is 2.16 bits per heavy atom. The summed E-state index contributed by atoms with van der Waals surface area (Å²) in [7, 11) is 0. The number of aromatic nitrogens is 3. The van der Waals surface area contributed by atoms with Gasteiger partial charge in [-0.3, -0.25) is 4.40 Å². The summed E-state index contributed by atoms with van der Waals surface area (Å²) in [6.45, 7) is 4.18. The standard InChI is InChI=1S/C23H25FN4O4/c1-2-31-22(29)19-13-28-21(27-19)16(14-5-8-30-9-6-14)11-25-23(28)26-12-17-15-7-10-32-20(15)4-3-18(17)24/h3-4,11,13-14H,2,5-10,12H2,1H3,(H,25,26). The van der Waals surface area contributed by atoms with E-state index in [0.717, 1.165) is 29.7 Å². The van der Waals surface area contributed by atoms with Crippen LogP contribution in [0.15, 0.2) is 24.5 Å². The first-order valence-electron chi connectivity index (χ1n) is 11.0. The highest BCUT2D eigenvalue weighted by molar-refractivity contribution is 5.88. The van der Waals surface area contributed by atoms with Gasteiger partial charge in [-0.05, 0) is 37.8 Å². The topological polar surface area (TPSA) is 87.0 Å². The molecular formula is C23H25FN4O4. The number of nitrogens with zero attached hydrogens (tertiary/aromatic N) is 3.